The molecule has 63 heavy (non-hydrogen) atoms. The number of aromatic nitrogens is 5. The van der Waals surface area contributed by atoms with Crippen LogP contribution in [0.15, 0.2) is 220 Å². The molecule has 0 amide bonds. The summed E-state index contributed by atoms with van der Waals surface area (Å²) in [4.78, 5) is 19.7. The Morgan fingerprint density at radius 1 is 0.540 bits per heavy atom. The number of hydrogen-bond acceptors (Lipinski definition) is 4. The van der Waals surface area contributed by atoms with E-state index in [1.54, 1.807) is 0 Å². The van der Waals surface area contributed by atoms with Crippen molar-refractivity contribution in [3.8, 4) is 28.5 Å². The Morgan fingerprint density at radius 2 is 1.19 bits per heavy atom. The molecular formula is C58H43N5. The minimum absolute atomic E-state index is 0.00189. The molecule has 6 aromatic carbocycles. The molecule has 0 bridgehead atoms. The summed E-state index contributed by atoms with van der Waals surface area (Å²) in [6, 6.07) is 53.4. The molecule has 0 spiro atoms. The van der Waals surface area contributed by atoms with E-state index in [1.165, 1.54) is 44.1 Å². The van der Waals surface area contributed by atoms with Crippen LogP contribution in [-0.2, 0) is 0 Å². The summed E-state index contributed by atoms with van der Waals surface area (Å²) in [6.45, 7) is 8.83. The Labute approximate surface area is 367 Å². The van der Waals surface area contributed by atoms with E-state index in [0.717, 1.165) is 45.1 Å². The van der Waals surface area contributed by atoms with E-state index >= 15 is 0 Å². The lowest BCUT2D eigenvalue weighted by molar-refractivity contribution is 0.707. The Hall–Kier alpha value is -8.02. The smallest absolute Gasteiger partial charge is 0.164 e. The number of hydrogen-bond donors (Lipinski definition) is 0. The first-order valence-electron chi connectivity index (χ1n) is 21.6. The van der Waals surface area contributed by atoms with Gasteiger partial charge in [-0.05, 0) is 81.4 Å². The van der Waals surface area contributed by atoms with Crippen molar-refractivity contribution in [1.29, 1.82) is 0 Å². The fourth-order valence-corrected chi connectivity index (χ4v) is 9.62. The van der Waals surface area contributed by atoms with E-state index in [0.29, 0.717) is 17.5 Å². The first kappa shape index (κ1) is 37.9. The predicted molar refractivity (Wildman–Crippen MR) is 261 cm³/mol. The van der Waals surface area contributed by atoms with Crippen LogP contribution in [0.3, 0.4) is 0 Å². The van der Waals surface area contributed by atoms with Crippen LogP contribution in [0.5, 0.6) is 0 Å². The van der Waals surface area contributed by atoms with Gasteiger partial charge in [-0.15, -0.1) is 13.2 Å². The molecular weight excluding hydrogens is 767 g/mol. The quantitative estimate of drug-likeness (QED) is 0.136. The zero-order valence-corrected chi connectivity index (χ0v) is 34.7. The number of fused-ring (bicyclic) bond motifs is 4. The molecule has 3 aromatic heterocycles. The first-order valence-corrected chi connectivity index (χ1v) is 21.6. The molecule has 9 aromatic rings. The van der Waals surface area contributed by atoms with Crippen molar-refractivity contribution in [1.82, 2.24) is 24.5 Å². The number of benzene rings is 6. The average Bonchev–Trinajstić information content (AvgIpc) is 3.70. The van der Waals surface area contributed by atoms with Crippen molar-refractivity contribution in [3.05, 3.63) is 242 Å². The fraction of sp³-hybridized carbons (Fsp3) is 0.0690. The third-order valence-electron chi connectivity index (χ3n) is 12.7. The highest BCUT2D eigenvalue weighted by atomic mass is 15.0. The molecule has 3 atom stereocenters. The van der Waals surface area contributed by atoms with Crippen molar-refractivity contribution >= 4 is 49.3 Å². The number of nitrogens with zero attached hydrogens (tertiary/aromatic N) is 5. The monoisotopic (exact) mass is 809 g/mol. The maximum atomic E-state index is 5.19. The third-order valence-corrected chi connectivity index (χ3v) is 12.7. The number of rotatable bonds is 9. The Kier molecular flexibility index (Phi) is 9.70. The van der Waals surface area contributed by atoms with Crippen molar-refractivity contribution < 1.29 is 0 Å². The van der Waals surface area contributed by atoms with Gasteiger partial charge >= 0.3 is 0 Å². The molecule has 0 saturated heterocycles. The van der Waals surface area contributed by atoms with E-state index < -0.39 is 0 Å². The summed E-state index contributed by atoms with van der Waals surface area (Å²) < 4.78 is 2.38. The first-order chi connectivity index (χ1) is 31.2. The van der Waals surface area contributed by atoms with Gasteiger partial charge in [-0.2, -0.15) is 0 Å². The van der Waals surface area contributed by atoms with Crippen molar-refractivity contribution in [3.63, 3.8) is 0 Å². The van der Waals surface area contributed by atoms with E-state index in [4.69, 9.17) is 15.0 Å². The van der Waals surface area contributed by atoms with E-state index in [1.807, 2.05) is 36.7 Å². The SMILES string of the molecule is C=CC1C(c2ccc3c4ccccc4n(-c4ccccc4)c3c2)=CC=C(c2ccc(-c3nc(C4=CCC(c5cccnc5)C=C4)nc(-c4ccccc4)n3)c3ccccc23)C1C=C. The van der Waals surface area contributed by atoms with Crippen LogP contribution in [0.2, 0.25) is 0 Å². The van der Waals surface area contributed by atoms with Gasteiger partial charge in [0.15, 0.2) is 17.5 Å². The molecule has 11 rings (SSSR count). The normalized spacial score (nSPS) is 17.3. The lowest BCUT2D eigenvalue weighted by Gasteiger charge is -2.31. The van der Waals surface area contributed by atoms with Crippen LogP contribution in [-0.4, -0.2) is 24.5 Å². The molecule has 0 radical (unpaired) electrons. The maximum Gasteiger partial charge on any atom is 0.164 e. The van der Waals surface area contributed by atoms with Crippen LogP contribution >= 0.6 is 0 Å². The highest BCUT2D eigenvalue weighted by Gasteiger charge is 2.30. The summed E-state index contributed by atoms with van der Waals surface area (Å²) in [7, 11) is 0. The largest absolute Gasteiger partial charge is 0.309 e. The van der Waals surface area contributed by atoms with E-state index in [-0.39, 0.29) is 17.8 Å². The fourth-order valence-electron chi connectivity index (χ4n) is 9.62. The van der Waals surface area contributed by atoms with Crippen molar-refractivity contribution in [2.75, 3.05) is 0 Å². The highest BCUT2D eigenvalue weighted by Crippen LogP contribution is 2.46. The third kappa shape index (κ3) is 6.75. The number of para-hydroxylation sites is 2. The van der Waals surface area contributed by atoms with Crippen LogP contribution in [0, 0.1) is 11.8 Å². The van der Waals surface area contributed by atoms with Crippen LogP contribution in [0.4, 0.5) is 0 Å². The molecule has 3 unspecified atom stereocenters. The van der Waals surface area contributed by atoms with Crippen molar-refractivity contribution in [2.45, 2.75) is 12.3 Å². The molecule has 5 nitrogen and oxygen atoms in total. The topological polar surface area (TPSA) is 56.5 Å². The minimum atomic E-state index is -0.0126. The maximum absolute atomic E-state index is 5.19. The van der Waals surface area contributed by atoms with Gasteiger partial charge in [0, 0.05) is 63.3 Å². The lowest BCUT2D eigenvalue weighted by atomic mass is 9.72. The van der Waals surface area contributed by atoms with Crippen LogP contribution < -0.4 is 0 Å². The summed E-state index contributed by atoms with van der Waals surface area (Å²) in [5, 5.41) is 4.67. The molecule has 3 heterocycles. The lowest BCUT2D eigenvalue weighted by Crippen LogP contribution is -2.17. The van der Waals surface area contributed by atoms with Gasteiger partial charge in [-0.1, -0.05) is 158 Å². The van der Waals surface area contributed by atoms with Gasteiger partial charge in [0.1, 0.15) is 0 Å². The van der Waals surface area contributed by atoms with Crippen molar-refractivity contribution in [2.24, 2.45) is 11.8 Å². The summed E-state index contributed by atoms with van der Waals surface area (Å²) in [5.41, 5.74) is 12.3. The molecule has 300 valence electrons. The van der Waals surface area contributed by atoms with Crippen LogP contribution in [0.25, 0.3) is 77.8 Å². The summed E-state index contributed by atoms with van der Waals surface area (Å²) in [6.07, 6.45) is 19.9. The Balaban J connectivity index is 1.01. The van der Waals surface area contributed by atoms with Gasteiger partial charge in [0.25, 0.3) is 0 Å². The Bertz CT molecular complexity index is 3350. The summed E-state index contributed by atoms with van der Waals surface area (Å²) in [5.74, 6) is 2.18. The molecule has 0 N–H and O–H groups in total. The number of pyridine rings is 1. The second-order valence-electron chi connectivity index (χ2n) is 16.2. The molecule has 0 fully saturated rings. The molecule has 0 saturated carbocycles. The molecule has 2 aliphatic carbocycles. The zero-order valence-electron chi connectivity index (χ0n) is 34.7. The van der Waals surface area contributed by atoms with Gasteiger partial charge in [-0.3, -0.25) is 4.98 Å². The van der Waals surface area contributed by atoms with Gasteiger partial charge < -0.3 is 4.57 Å². The standard InChI is InChI=1S/C58H43N5/c1-3-44-45(4-2)49(32-31-46(44)41-29-30-52-51-23-13-14-24-54(51)63(55(52)36-41)43-19-9-6-10-20-43)50-33-34-53(48-22-12-11-21-47(48)50)58-61-56(39-16-7-5-8-17-39)60-57(62-58)40-27-25-38(26-28-40)42-18-15-35-59-37-42/h3-25,27-38,44-45H,1-2,26H2. The second-order valence-corrected chi connectivity index (χ2v) is 16.2. The molecule has 0 aliphatic heterocycles. The highest BCUT2D eigenvalue weighted by molar-refractivity contribution is 6.10. The predicted octanol–water partition coefficient (Wildman–Crippen LogP) is 14.1. The molecule has 5 heteroatoms. The molecule has 2 aliphatic rings. The minimum Gasteiger partial charge on any atom is -0.309 e. The van der Waals surface area contributed by atoms with Gasteiger partial charge in [-0.25, -0.2) is 15.0 Å². The van der Waals surface area contributed by atoms with E-state index in [9.17, 15) is 0 Å². The van der Waals surface area contributed by atoms with Gasteiger partial charge in [0.2, 0.25) is 0 Å². The zero-order chi connectivity index (χ0) is 42.3. The van der Waals surface area contributed by atoms with Crippen LogP contribution in [0.1, 0.15) is 34.9 Å². The number of allylic oxidation sites excluding steroid dienone is 10. The van der Waals surface area contributed by atoms with E-state index in [2.05, 4.69) is 193 Å². The van der Waals surface area contributed by atoms with Gasteiger partial charge in [0.05, 0.1) is 11.0 Å². The average molecular weight is 810 g/mol. The second kappa shape index (κ2) is 16.1. The summed E-state index contributed by atoms with van der Waals surface area (Å²) >= 11 is 0. The Morgan fingerprint density at radius 3 is 1.94 bits per heavy atom.